The molecule has 0 atom stereocenters. The quantitative estimate of drug-likeness (QED) is 0.344. The lowest BCUT2D eigenvalue weighted by Gasteiger charge is -2.40. The molecule has 7 heteroatoms. The van der Waals surface area contributed by atoms with Crippen LogP contribution in [0.5, 0.6) is 11.5 Å². The SMILES string of the molecule is CCNC(=NCC1(CCOC)CCC1)Nc1ccc2c(c1)OCCCO2.I. The fourth-order valence-electron chi connectivity index (χ4n) is 3.41. The van der Waals surface area contributed by atoms with Crippen LogP contribution in [-0.4, -0.2) is 46.0 Å². The molecule has 0 spiro atoms. The van der Waals surface area contributed by atoms with Gasteiger partial charge in [0.2, 0.25) is 0 Å². The van der Waals surface area contributed by atoms with Crippen molar-refractivity contribution in [1.82, 2.24) is 5.32 Å². The Labute approximate surface area is 179 Å². The number of methoxy groups -OCH3 is 1. The number of nitrogens with one attached hydrogen (secondary N) is 2. The summed E-state index contributed by atoms with van der Waals surface area (Å²) in [5.74, 6) is 2.41. The summed E-state index contributed by atoms with van der Waals surface area (Å²) in [6.07, 6.45) is 5.76. The Kier molecular flexibility index (Phi) is 8.95. The highest BCUT2D eigenvalue weighted by atomic mass is 127. The Morgan fingerprint density at radius 3 is 2.63 bits per heavy atom. The van der Waals surface area contributed by atoms with Crippen molar-refractivity contribution < 1.29 is 14.2 Å². The van der Waals surface area contributed by atoms with E-state index in [-0.39, 0.29) is 24.0 Å². The highest BCUT2D eigenvalue weighted by Crippen LogP contribution is 2.44. The number of fused-ring (bicyclic) bond motifs is 1. The zero-order chi connectivity index (χ0) is 18.2. The van der Waals surface area contributed by atoms with Gasteiger partial charge in [0.05, 0.1) is 13.2 Å². The monoisotopic (exact) mass is 489 g/mol. The van der Waals surface area contributed by atoms with E-state index in [0.717, 1.165) is 55.7 Å². The molecule has 1 aliphatic heterocycles. The van der Waals surface area contributed by atoms with Crippen molar-refractivity contribution in [3.05, 3.63) is 18.2 Å². The maximum atomic E-state index is 5.78. The Morgan fingerprint density at radius 1 is 1.19 bits per heavy atom. The van der Waals surface area contributed by atoms with Crippen LogP contribution in [0.2, 0.25) is 0 Å². The van der Waals surface area contributed by atoms with Gasteiger partial charge in [-0.05, 0) is 43.7 Å². The van der Waals surface area contributed by atoms with Gasteiger partial charge in [-0.15, -0.1) is 24.0 Å². The number of anilines is 1. The second kappa shape index (κ2) is 10.9. The lowest BCUT2D eigenvalue weighted by Crippen LogP contribution is -2.37. The third-order valence-corrected chi connectivity index (χ3v) is 5.18. The zero-order valence-electron chi connectivity index (χ0n) is 16.4. The second-order valence-electron chi connectivity index (χ2n) is 7.13. The average molecular weight is 489 g/mol. The third kappa shape index (κ3) is 6.14. The Morgan fingerprint density at radius 2 is 1.96 bits per heavy atom. The molecule has 2 N–H and O–H groups in total. The van der Waals surface area contributed by atoms with E-state index in [1.54, 1.807) is 7.11 Å². The van der Waals surface area contributed by atoms with Crippen molar-refractivity contribution in [3.63, 3.8) is 0 Å². The molecule has 0 radical (unpaired) electrons. The van der Waals surface area contributed by atoms with Crippen LogP contribution in [0.15, 0.2) is 23.2 Å². The van der Waals surface area contributed by atoms with Gasteiger partial charge in [0.1, 0.15) is 0 Å². The molecule has 0 saturated heterocycles. The van der Waals surface area contributed by atoms with E-state index >= 15 is 0 Å². The number of halogens is 1. The molecule has 1 heterocycles. The summed E-state index contributed by atoms with van der Waals surface area (Å²) < 4.78 is 16.8. The molecule has 152 valence electrons. The van der Waals surface area contributed by atoms with Crippen molar-refractivity contribution in [3.8, 4) is 11.5 Å². The maximum Gasteiger partial charge on any atom is 0.195 e. The standard InChI is InChI=1S/C20H31N3O3.HI/c1-3-21-19(22-15-20(8-4-9-20)10-13-24-2)23-16-6-7-17-18(14-16)26-12-5-11-25-17;/h6-7,14H,3-5,8-13,15H2,1-2H3,(H2,21,22,23);1H. The molecule has 0 unspecified atom stereocenters. The van der Waals surface area contributed by atoms with E-state index in [1.165, 1.54) is 19.3 Å². The van der Waals surface area contributed by atoms with E-state index in [2.05, 4.69) is 17.6 Å². The molecular weight excluding hydrogens is 457 g/mol. The van der Waals surface area contributed by atoms with Crippen LogP contribution in [-0.2, 0) is 4.74 Å². The molecule has 1 saturated carbocycles. The second-order valence-corrected chi connectivity index (χ2v) is 7.13. The van der Waals surface area contributed by atoms with Crippen LogP contribution in [0.1, 0.15) is 39.0 Å². The van der Waals surface area contributed by atoms with E-state index < -0.39 is 0 Å². The minimum absolute atomic E-state index is 0. The maximum absolute atomic E-state index is 5.78. The molecule has 2 aliphatic rings. The Hall–Kier alpha value is -1.22. The molecule has 1 aliphatic carbocycles. The molecule has 0 aromatic heterocycles. The van der Waals surface area contributed by atoms with E-state index in [0.29, 0.717) is 18.6 Å². The van der Waals surface area contributed by atoms with Crippen LogP contribution in [0.3, 0.4) is 0 Å². The summed E-state index contributed by atoms with van der Waals surface area (Å²) in [6, 6.07) is 5.94. The first-order valence-electron chi connectivity index (χ1n) is 9.69. The first-order chi connectivity index (χ1) is 12.7. The average Bonchev–Trinajstić information content (AvgIpc) is 2.85. The van der Waals surface area contributed by atoms with Gasteiger partial charge in [-0.2, -0.15) is 0 Å². The highest BCUT2D eigenvalue weighted by molar-refractivity contribution is 14.0. The summed E-state index contributed by atoms with van der Waals surface area (Å²) in [4.78, 5) is 4.85. The van der Waals surface area contributed by atoms with Crippen LogP contribution < -0.4 is 20.1 Å². The minimum Gasteiger partial charge on any atom is -0.490 e. The lowest BCUT2D eigenvalue weighted by atomic mass is 9.67. The summed E-state index contributed by atoms with van der Waals surface area (Å²) >= 11 is 0. The molecule has 1 aromatic rings. The van der Waals surface area contributed by atoms with Gasteiger partial charge in [-0.25, -0.2) is 0 Å². The predicted molar refractivity (Wildman–Crippen MR) is 120 cm³/mol. The number of hydrogen-bond donors (Lipinski definition) is 2. The molecular formula is C20H32IN3O3. The number of hydrogen-bond acceptors (Lipinski definition) is 4. The third-order valence-electron chi connectivity index (χ3n) is 5.18. The fraction of sp³-hybridized carbons (Fsp3) is 0.650. The van der Waals surface area contributed by atoms with Crippen LogP contribution >= 0.6 is 24.0 Å². The lowest BCUT2D eigenvalue weighted by molar-refractivity contribution is 0.0779. The van der Waals surface area contributed by atoms with Crippen molar-refractivity contribution in [2.75, 3.05) is 45.3 Å². The van der Waals surface area contributed by atoms with Crippen LogP contribution in [0.4, 0.5) is 5.69 Å². The van der Waals surface area contributed by atoms with Gasteiger partial charge in [0.15, 0.2) is 17.5 Å². The Bertz CT molecular complexity index is 620. The zero-order valence-corrected chi connectivity index (χ0v) is 18.7. The molecule has 3 rings (SSSR count). The number of benzene rings is 1. The van der Waals surface area contributed by atoms with Crippen molar-refractivity contribution in [1.29, 1.82) is 0 Å². The van der Waals surface area contributed by atoms with Crippen LogP contribution in [0, 0.1) is 5.41 Å². The summed E-state index contributed by atoms with van der Waals surface area (Å²) in [5, 5.41) is 6.74. The summed E-state index contributed by atoms with van der Waals surface area (Å²) in [7, 11) is 1.77. The van der Waals surface area contributed by atoms with Crippen LogP contribution in [0.25, 0.3) is 0 Å². The molecule has 0 amide bonds. The van der Waals surface area contributed by atoms with E-state index in [9.17, 15) is 0 Å². The molecule has 6 nitrogen and oxygen atoms in total. The fourth-order valence-corrected chi connectivity index (χ4v) is 3.41. The van der Waals surface area contributed by atoms with Gasteiger partial charge in [0.25, 0.3) is 0 Å². The van der Waals surface area contributed by atoms with E-state index in [1.807, 2.05) is 18.2 Å². The number of nitrogens with zero attached hydrogens (tertiary/aromatic N) is 1. The Balaban J connectivity index is 0.00000261. The van der Waals surface area contributed by atoms with Crippen molar-refractivity contribution >= 4 is 35.6 Å². The number of ether oxygens (including phenoxy) is 3. The normalized spacial score (nSPS) is 17.9. The number of aliphatic imine (C=N–C) groups is 1. The minimum atomic E-state index is 0. The van der Waals surface area contributed by atoms with E-state index in [4.69, 9.17) is 19.2 Å². The van der Waals surface area contributed by atoms with Gasteiger partial charge in [-0.3, -0.25) is 4.99 Å². The van der Waals surface area contributed by atoms with Gasteiger partial charge in [-0.1, -0.05) is 6.42 Å². The molecule has 27 heavy (non-hydrogen) atoms. The molecule has 0 bridgehead atoms. The van der Waals surface area contributed by atoms with Gasteiger partial charge < -0.3 is 24.8 Å². The first kappa shape index (κ1) is 22.1. The first-order valence-corrected chi connectivity index (χ1v) is 9.69. The highest BCUT2D eigenvalue weighted by Gasteiger charge is 2.36. The van der Waals surface area contributed by atoms with Gasteiger partial charge >= 0.3 is 0 Å². The number of rotatable bonds is 7. The van der Waals surface area contributed by atoms with Gasteiger partial charge in [0, 0.05) is 45.0 Å². The molecule has 1 aromatic carbocycles. The number of guanidine groups is 1. The summed E-state index contributed by atoms with van der Waals surface area (Å²) in [5.41, 5.74) is 1.26. The smallest absolute Gasteiger partial charge is 0.195 e. The topological polar surface area (TPSA) is 64.1 Å². The van der Waals surface area contributed by atoms with Crippen molar-refractivity contribution in [2.45, 2.75) is 39.0 Å². The van der Waals surface area contributed by atoms with Crippen molar-refractivity contribution in [2.24, 2.45) is 10.4 Å². The predicted octanol–water partition coefficient (Wildman–Crippen LogP) is 4.05. The molecule has 1 fully saturated rings. The largest absolute Gasteiger partial charge is 0.490 e. The summed E-state index contributed by atoms with van der Waals surface area (Å²) in [6.45, 7) is 5.93.